The molecule has 1 N–H and O–H groups in total. The van der Waals surface area contributed by atoms with Crippen molar-refractivity contribution in [3.63, 3.8) is 0 Å². The van der Waals surface area contributed by atoms with E-state index in [9.17, 15) is 22.4 Å². The van der Waals surface area contributed by atoms with Crippen LogP contribution in [0.4, 0.5) is 17.6 Å². The van der Waals surface area contributed by atoms with Crippen molar-refractivity contribution >= 4 is 34.1 Å². The highest BCUT2D eigenvalue weighted by Gasteiger charge is 2.31. The zero-order chi connectivity index (χ0) is 28.4. The second-order valence-corrected chi connectivity index (χ2v) is 11.5. The summed E-state index contributed by atoms with van der Waals surface area (Å²) in [5.74, 6) is -0.319. The van der Waals surface area contributed by atoms with Crippen molar-refractivity contribution in [1.82, 2.24) is 10.3 Å². The fourth-order valence-electron chi connectivity index (χ4n) is 4.59. The monoisotopic (exact) mass is 570 g/mol. The van der Waals surface area contributed by atoms with Gasteiger partial charge in [0.2, 0.25) is 0 Å². The van der Waals surface area contributed by atoms with E-state index in [0.29, 0.717) is 28.4 Å². The van der Waals surface area contributed by atoms with Crippen LogP contribution in [0.15, 0.2) is 75.3 Å². The van der Waals surface area contributed by atoms with Crippen LogP contribution < -0.4 is 5.32 Å². The van der Waals surface area contributed by atoms with E-state index in [-0.39, 0.29) is 36.6 Å². The summed E-state index contributed by atoms with van der Waals surface area (Å²) in [7, 11) is 0. The maximum atomic E-state index is 13.5. The third kappa shape index (κ3) is 7.02. The van der Waals surface area contributed by atoms with E-state index in [1.54, 1.807) is 17.1 Å². The lowest BCUT2D eigenvalue weighted by atomic mass is 10.00. The first kappa shape index (κ1) is 28.1. The molecule has 1 aliphatic carbocycles. The van der Waals surface area contributed by atoms with Crippen molar-refractivity contribution in [2.24, 2.45) is 16.0 Å². The molecule has 2 aromatic carbocycles. The molecule has 40 heavy (non-hydrogen) atoms. The molecule has 2 aromatic rings. The molecular formula is C30H30F4N4OS. The van der Waals surface area contributed by atoms with Gasteiger partial charge in [-0.2, -0.15) is 18.3 Å². The summed E-state index contributed by atoms with van der Waals surface area (Å²) in [6.45, 7) is 3.58. The second-order valence-electron chi connectivity index (χ2n) is 10.4. The number of aryl methyl sites for hydroxylation is 1. The molecule has 210 valence electrons. The molecule has 0 radical (unpaired) electrons. The van der Waals surface area contributed by atoms with Crippen molar-refractivity contribution in [2.75, 3.05) is 6.54 Å². The molecule has 2 heterocycles. The highest BCUT2D eigenvalue weighted by atomic mass is 32.2. The molecule has 1 unspecified atom stereocenters. The number of carbonyl (C=O) groups excluding carboxylic acids is 1. The van der Waals surface area contributed by atoms with E-state index in [2.05, 4.69) is 23.3 Å². The first-order valence-corrected chi connectivity index (χ1v) is 14.1. The van der Waals surface area contributed by atoms with Gasteiger partial charge in [-0.25, -0.2) is 9.40 Å². The highest BCUT2D eigenvalue weighted by molar-refractivity contribution is 8.14. The summed E-state index contributed by atoms with van der Waals surface area (Å²) >= 11 is 1.33. The molecule has 5 nitrogen and oxygen atoms in total. The number of rotatable bonds is 6. The topological polar surface area (TPSA) is 57.1 Å². The average Bonchev–Trinajstić information content (AvgIpc) is 3.72. The summed E-state index contributed by atoms with van der Waals surface area (Å²) in [6, 6.07) is 11.9. The van der Waals surface area contributed by atoms with Crippen molar-refractivity contribution in [3.05, 3.63) is 82.8 Å². The van der Waals surface area contributed by atoms with Crippen LogP contribution in [0.5, 0.6) is 0 Å². The van der Waals surface area contributed by atoms with Crippen LogP contribution in [0.3, 0.4) is 0 Å². The largest absolute Gasteiger partial charge is 0.390 e. The SMILES string of the molecule is Cc1cc(C2=CC(C)CC=C3C(=NCCC(F)(F)F)CC(Sc4ccc(F)cc4)=NN32)ccc1C(=O)NC1CC1. The second kappa shape index (κ2) is 11.6. The van der Waals surface area contributed by atoms with E-state index >= 15 is 0 Å². The van der Waals surface area contributed by atoms with Crippen molar-refractivity contribution < 1.29 is 22.4 Å². The maximum Gasteiger partial charge on any atom is 0.390 e. The Balaban J connectivity index is 1.51. The number of aliphatic imine (C=N–C) groups is 1. The number of allylic oxidation sites excluding steroid dienone is 3. The van der Waals surface area contributed by atoms with Gasteiger partial charge < -0.3 is 5.32 Å². The number of hydrogen-bond donors (Lipinski definition) is 1. The Kier molecular flexibility index (Phi) is 8.16. The van der Waals surface area contributed by atoms with Crippen LogP contribution in [-0.4, -0.2) is 40.4 Å². The normalized spacial score (nSPS) is 20.4. The van der Waals surface area contributed by atoms with Gasteiger partial charge in [-0.3, -0.25) is 9.79 Å². The summed E-state index contributed by atoms with van der Waals surface area (Å²) < 4.78 is 52.3. The van der Waals surface area contributed by atoms with Crippen molar-refractivity contribution in [1.29, 1.82) is 0 Å². The summed E-state index contributed by atoms with van der Waals surface area (Å²) in [5.41, 5.74) is 4.23. The predicted octanol–water partition coefficient (Wildman–Crippen LogP) is 7.50. The molecule has 3 aliphatic rings. The molecule has 1 atom stereocenters. The smallest absolute Gasteiger partial charge is 0.349 e. The molecule has 0 aromatic heterocycles. The van der Waals surface area contributed by atoms with Crippen LogP contribution in [-0.2, 0) is 0 Å². The number of amides is 1. The van der Waals surface area contributed by atoms with Gasteiger partial charge in [0.05, 0.1) is 23.5 Å². The van der Waals surface area contributed by atoms with E-state index in [0.717, 1.165) is 34.6 Å². The number of nitrogens with zero attached hydrogens (tertiary/aromatic N) is 3. The van der Waals surface area contributed by atoms with E-state index in [1.165, 1.54) is 23.9 Å². The molecule has 1 fully saturated rings. The summed E-state index contributed by atoms with van der Waals surface area (Å²) in [4.78, 5) is 17.9. The number of alkyl halides is 3. The Hall–Kier alpha value is -3.40. The standard InChI is InChI=1S/C30H30F4N4OS/c1-18-3-12-26-25(35-14-13-30(32,33)34)17-28(40-23-9-5-21(31)6-10-23)37-38(26)27(15-18)20-4-11-24(19(2)16-20)29(39)36-22-7-8-22/h4-6,9-12,15-16,18,22H,3,7-8,13-14,17H2,1-2H3,(H,36,39). The van der Waals surface area contributed by atoms with Crippen LogP contribution in [0.1, 0.15) is 60.5 Å². The van der Waals surface area contributed by atoms with Gasteiger partial charge in [0.15, 0.2) is 0 Å². The number of hydrazone groups is 1. The van der Waals surface area contributed by atoms with Crippen molar-refractivity contribution in [2.45, 2.75) is 63.1 Å². The Morgan fingerprint density at radius 3 is 2.58 bits per heavy atom. The minimum Gasteiger partial charge on any atom is -0.349 e. The zero-order valence-electron chi connectivity index (χ0n) is 22.3. The van der Waals surface area contributed by atoms with Gasteiger partial charge in [-0.1, -0.05) is 36.9 Å². The van der Waals surface area contributed by atoms with Crippen LogP contribution in [0.25, 0.3) is 5.70 Å². The third-order valence-electron chi connectivity index (χ3n) is 6.83. The van der Waals surface area contributed by atoms with Gasteiger partial charge >= 0.3 is 6.18 Å². The van der Waals surface area contributed by atoms with Gasteiger partial charge in [0.25, 0.3) is 5.91 Å². The molecule has 1 saturated carbocycles. The molecule has 5 rings (SSSR count). The Labute approximate surface area is 235 Å². The van der Waals surface area contributed by atoms with Gasteiger partial charge in [0, 0.05) is 35.0 Å². The van der Waals surface area contributed by atoms with Crippen molar-refractivity contribution in [3.8, 4) is 0 Å². The number of hydrogen-bond acceptors (Lipinski definition) is 5. The maximum absolute atomic E-state index is 13.5. The highest BCUT2D eigenvalue weighted by Crippen LogP contribution is 2.37. The van der Waals surface area contributed by atoms with E-state index in [1.807, 2.05) is 31.2 Å². The average molecular weight is 571 g/mol. The Morgan fingerprint density at radius 1 is 1.15 bits per heavy atom. The number of fused-ring (bicyclic) bond motifs is 1. The first-order chi connectivity index (χ1) is 19.1. The first-order valence-electron chi connectivity index (χ1n) is 13.3. The lowest BCUT2D eigenvalue weighted by Gasteiger charge is -2.31. The minimum absolute atomic E-state index is 0.0941. The fraction of sp³-hybridized carbons (Fsp3) is 0.367. The lowest BCUT2D eigenvalue weighted by molar-refractivity contribution is -0.132. The number of nitrogens with one attached hydrogen (secondary N) is 1. The molecular weight excluding hydrogens is 540 g/mol. The van der Waals surface area contributed by atoms with Crippen LogP contribution in [0.2, 0.25) is 0 Å². The minimum atomic E-state index is -4.30. The van der Waals surface area contributed by atoms with Gasteiger partial charge in [-0.15, -0.1) is 0 Å². The Morgan fingerprint density at radius 2 is 1.90 bits per heavy atom. The number of benzene rings is 2. The van der Waals surface area contributed by atoms with E-state index in [4.69, 9.17) is 5.10 Å². The third-order valence-corrected chi connectivity index (χ3v) is 7.80. The molecule has 2 aliphatic heterocycles. The fourth-order valence-corrected chi connectivity index (χ4v) is 5.46. The van der Waals surface area contributed by atoms with Gasteiger partial charge in [0.1, 0.15) is 10.9 Å². The summed E-state index contributed by atoms with van der Waals surface area (Å²) in [5, 5.41) is 10.3. The lowest BCUT2D eigenvalue weighted by Crippen LogP contribution is -2.29. The molecule has 1 amide bonds. The van der Waals surface area contributed by atoms with E-state index < -0.39 is 12.6 Å². The molecule has 0 bridgehead atoms. The number of thioether (sulfide) groups is 1. The van der Waals surface area contributed by atoms with Crippen LogP contribution in [0, 0.1) is 18.7 Å². The molecule has 10 heteroatoms. The molecule has 0 saturated heterocycles. The summed E-state index contributed by atoms with van der Waals surface area (Å²) in [6.07, 6.45) is 1.69. The quantitative estimate of drug-likeness (QED) is 0.366. The van der Waals surface area contributed by atoms with Gasteiger partial charge in [-0.05, 0) is 74.1 Å². The molecule has 0 spiro atoms. The van der Waals surface area contributed by atoms with Crippen LogP contribution >= 0.6 is 11.8 Å². The number of halogens is 4. The zero-order valence-corrected chi connectivity index (χ0v) is 23.1. The Bertz CT molecular complexity index is 1410. The number of carbonyl (C=O) groups is 1. The predicted molar refractivity (Wildman–Crippen MR) is 151 cm³/mol.